The molecule has 0 bridgehead atoms. The van der Waals surface area contributed by atoms with Gasteiger partial charge in [-0.15, -0.1) is 5.10 Å². The maximum atomic E-state index is 5.72. The summed E-state index contributed by atoms with van der Waals surface area (Å²) in [4.78, 5) is 1.22. The van der Waals surface area contributed by atoms with Crippen molar-refractivity contribution in [1.82, 2.24) is 15.0 Å². The normalized spacial score (nSPS) is 14.7. The Morgan fingerprint density at radius 3 is 2.67 bits per heavy atom. The summed E-state index contributed by atoms with van der Waals surface area (Å²) >= 11 is 1.48. The molecule has 2 unspecified atom stereocenters. The van der Waals surface area contributed by atoms with Crippen LogP contribution in [0, 0.1) is 5.92 Å². The fourth-order valence-corrected chi connectivity index (χ4v) is 3.10. The van der Waals surface area contributed by atoms with Crippen LogP contribution in [0.15, 0.2) is 0 Å². The van der Waals surface area contributed by atoms with Crippen molar-refractivity contribution in [3.8, 4) is 0 Å². The summed E-state index contributed by atoms with van der Waals surface area (Å²) in [6.45, 7) is 6.62. The first-order valence-electron chi connectivity index (χ1n) is 7.03. The molecule has 1 heterocycles. The SMILES string of the molecule is CCCCC(CC)CC(NN)c1snnc1CC. The highest BCUT2D eigenvalue weighted by Gasteiger charge is 2.20. The van der Waals surface area contributed by atoms with Gasteiger partial charge in [0.05, 0.1) is 16.6 Å². The van der Waals surface area contributed by atoms with E-state index in [1.54, 1.807) is 0 Å². The van der Waals surface area contributed by atoms with Gasteiger partial charge < -0.3 is 0 Å². The highest BCUT2D eigenvalue weighted by molar-refractivity contribution is 7.05. The molecule has 0 aliphatic carbocycles. The number of aryl methyl sites for hydroxylation is 1. The largest absolute Gasteiger partial charge is 0.271 e. The van der Waals surface area contributed by atoms with E-state index in [1.807, 2.05) is 0 Å². The number of nitrogens with zero attached hydrogens (tertiary/aromatic N) is 2. The predicted octanol–water partition coefficient (Wildman–Crippen LogP) is 3.21. The van der Waals surface area contributed by atoms with Crippen LogP contribution >= 0.6 is 11.5 Å². The molecular formula is C13H26N4S. The lowest BCUT2D eigenvalue weighted by Crippen LogP contribution is -2.29. The molecule has 0 spiro atoms. The van der Waals surface area contributed by atoms with Crippen molar-refractivity contribution in [1.29, 1.82) is 0 Å². The van der Waals surface area contributed by atoms with Gasteiger partial charge in [-0.2, -0.15) is 0 Å². The fraction of sp³-hybridized carbons (Fsp3) is 0.846. The second-order valence-corrected chi connectivity index (χ2v) is 5.59. The number of rotatable bonds is 9. The molecule has 1 aromatic rings. The average Bonchev–Trinajstić information content (AvgIpc) is 2.87. The molecule has 0 saturated heterocycles. The molecule has 0 aliphatic rings. The van der Waals surface area contributed by atoms with E-state index < -0.39 is 0 Å². The van der Waals surface area contributed by atoms with E-state index in [4.69, 9.17) is 5.84 Å². The van der Waals surface area contributed by atoms with Gasteiger partial charge in [0.1, 0.15) is 0 Å². The Balaban J connectivity index is 2.65. The summed E-state index contributed by atoms with van der Waals surface area (Å²) in [6, 6.07) is 0.210. The molecule has 0 fully saturated rings. The van der Waals surface area contributed by atoms with E-state index in [1.165, 1.54) is 42.1 Å². The van der Waals surface area contributed by atoms with Gasteiger partial charge >= 0.3 is 0 Å². The number of hydrogen-bond acceptors (Lipinski definition) is 5. The van der Waals surface area contributed by atoms with Crippen LogP contribution in [0.2, 0.25) is 0 Å². The minimum absolute atomic E-state index is 0.210. The molecule has 3 N–H and O–H groups in total. The summed E-state index contributed by atoms with van der Waals surface area (Å²) in [5.41, 5.74) is 4.04. The van der Waals surface area contributed by atoms with E-state index in [0.717, 1.165) is 24.5 Å². The molecular weight excluding hydrogens is 244 g/mol. The molecule has 2 atom stereocenters. The van der Waals surface area contributed by atoms with Crippen molar-refractivity contribution < 1.29 is 0 Å². The Morgan fingerprint density at radius 2 is 2.11 bits per heavy atom. The maximum absolute atomic E-state index is 5.72. The Hall–Kier alpha value is -0.520. The monoisotopic (exact) mass is 270 g/mol. The standard InChI is InChI=1S/C13H26N4S/c1-4-7-8-10(5-2)9-12(15-14)13-11(6-3)16-17-18-13/h10,12,15H,4-9,14H2,1-3H3. The zero-order chi connectivity index (χ0) is 13.4. The van der Waals surface area contributed by atoms with Crippen molar-refractivity contribution in [2.45, 2.75) is 65.3 Å². The lowest BCUT2D eigenvalue weighted by atomic mass is 9.91. The average molecular weight is 270 g/mol. The Bertz CT molecular complexity index is 327. The minimum atomic E-state index is 0.210. The van der Waals surface area contributed by atoms with Gasteiger partial charge in [0.15, 0.2) is 0 Å². The Kier molecular flexibility index (Phi) is 7.39. The summed E-state index contributed by atoms with van der Waals surface area (Å²) in [6.07, 6.45) is 7.08. The zero-order valence-corrected chi connectivity index (χ0v) is 12.6. The second kappa shape index (κ2) is 8.56. The third-order valence-electron chi connectivity index (χ3n) is 3.55. The minimum Gasteiger partial charge on any atom is -0.271 e. The number of hydrazine groups is 1. The third kappa shape index (κ3) is 4.30. The summed E-state index contributed by atoms with van der Waals surface area (Å²) < 4.78 is 4.05. The van der Waals surface area contributed by atoms with Crippen LogP contribution in [0.1, 0.15) is 69.5 Å². The van der Waals surface area contributed by atoms with Gasteiger partial charge in [-0.25, -0.2) is 0 Å². The number of unbranched alkanes of at least 4 members (excludes halogenated alkanes) is 1. The number of aromatic nitrogens is 2. The zero-order valence-electron chi connectivity index (χ0n) is 11.8. The third-order valence-corrected chi connectivity index (χ3v) is 4.43. The summed E-state index contributed by atoms with van der Waals surface area (Å²) in [7, 11) is 0. The van der Waals surface area contributed by atoms with Crippen molar-refractivity contribution in [2.75, 3.05) is 0 Å². The van der Waals surface area contributed by atoms with E-state index in [-0.39, 0.29) is 6.04 Å². The number of nitrogens with one attached hydrogen (secondary N) is 1. The first-order chi connectivity index (χ1) is 8.76. The van der Waals surface area contributed by atoms with Gasteiger partial charge in [0.25, 0.3) is 0 Å². The van der Waals surface area contributed by atoms with Gasteiger partial charge in [-0.05, 0) is 30.3 Å². The lowest BCUT2D eigenvalue weighted by molar-refractivity contribution is 0.358. The second-order valence-electron chi connectivity index (χ2n) is 4.81. The number of hydrogen-bond donors (Lipinski definition) is 2. The van der Waals surface area contributed by atoms with E-state index in [9.17, 15) is 0 Å². The highest BCUT2D eigenvalue weighted by atomic mass is 32.1. The first-order valence-corrected chi connectivity index (χ1v) is 7.81. The molecule has 104 valence electrons. The van der Waals surface area contributed by atoms with E-state index >= 15 is 0 Å². The van der Waals surface area contributed by atoms with Crippen LogP contribution in [-0.4, -0.2) is 9.59 Å². The molecule has 18 heavy (non-hydrogen) atoms. The molecule has 0 amide bonds. The van der Waals surface area contributed by atoms with Crippen LogP contribution in [0.5, 0.6) is 0 Å². The van der Waals surface area contributed by atoms with Crippen LogP contribution < -0.4 is 11.3 Å². The molecule has 0 aliphatic heterocycles. The highest BCUT2D eigenvalue weighted by Crippen LogP contribution is 2.29. The predicted molar refractivity (Wildman–Crippen MR) is 77.3 cm³/mol. The van der Waals surface area contributed by atoms with Gasteiger partial charge in [-0.3, -0.25) is 11.3 Å². The lowest BCUT2D eigenvalue weighted by Gasteiger charge is -2.21. The van der Waals surface area contributed by atoms with Crippen LogP contribution in [0.25, 0.3) is 0 Å². The summed E-state index contributed by atoms with van der Waals surface area (Å²) in [5.74, 6) is 6.45. The smallest absolute Gasteiger partial charge is 0.0801 e. The van der Waals surface area contributed by atoms with Crippen molar-refractivity contribution in [2.24, 2.45) is 11.8 Å². The molecule has 0 radical (unpaired) electrons. The maximum Gasteiger partial charge on any atom is 0.0801 e. The fourth-order valence-electron chi connectivity index (χ4n) is 2.29. The van der Waals surface area contributed by atoms with Crippen molar-refractivity contribution in [3.63, 3.8) is 0 Å². The molecule has 0 saturated carbocycles. The molecule has 5 heteroatoms. The molecule has 0 aromatic carbocycles. The van der Waals surface area contributed by atoms with Gasteiger partial charge in [0, 0.05) is 0 Å². The topological polar surface area (TPSA) is 63.8 Å². The first kappa shape index (κ1) is 15.5. The van der Waals surface area contributed by atoms with Crippen LogP contribution in [0.4, 0.5) is 0 Å². The van der Waals surface area contributed by atoms with Crippen molar-refractivity contribution in [3.05, 3.63) is 10.6 Å². The number of nitrogens with two attached hydrogens (primary N) is 1. The van der Waals surface area contributed by atoms with Gasteiger partial charge in [-0.1, -0.05) is 50.9 Å². The van der Waals surface area contributed by atoms with Crippen LogP contribution in [-0.2, 0) is 6.42 Å². The molecule has 1 aromatic heterocycles. The van der Waals surface area contributed by atoms with Crippen LogP contribution in [0.3, 0.4) is 0 Å². The van der Waals surface area contributed by atoms with Gasteiger partial charge in [0.2, 0.25) is 0 Å². The quantitative estimate of drug-likeness (QED) is 0.534. The molecule has 1 rings (SSSR count). The van der Waals surface area contributed by atoms with Crippen molar-refractivity contribution >= 4 is 11.5 Å². The summed E-state index contributed by atoms with van der Waals surface area (Å²) in [5, 5.41) is 4.17. The Labute approximate surface area is 114 Å². The van der Waals surface area contributed by atoms with E-state index in [2.05, 4.69) is 35.8 Å². The Morgan fingerprint density at radius 1 is 1.33 bits per heavy atom. The molecule has 4 nitrogen and oxygen atoms in total. The van der Waals surface area contributed by atoms with E-state index in [0.29, 0.717) is 0 Å².